The Kier molecular flexibility index (Phi) is 9.38. The Morgan fingerprint density at radius 1 is 1.29 bits per heavy atom. The summed E-state index contributed by atoms with van der Waals surface area (Å²) in [4.78, 5) is 35.1. The van der Waals surface area contributed by atoms with E-state index in [9.17, 15) is 29.7 Å². The van der Waals surface area contributed by atoms with Crippen molar-refractivity contribution in [3.63, 3.8) is 0 Å². The van der Waals surface area contributed by atoms with Crippen molar-refractivity contribution in [2.75, 3.05) is 0 Å². The number of ether oxygens (including phenoxy) is 1. The van der Waals surface area contributed by atoms with Gasteiger partial charge in [0.2, 0.25) is 0 Å². The number of carbonyl (C=O) groups excluding carboxylic acids is 2. The molecule has 0 saturated carbocycles. The van der Waals surface area contributed by atoms with E-state index in [0.29, 0.717) is 19.3 Å². The van der Waals surface area contributed by atoms with E-state index < -0.39 is 35.8 Å². The third kappa shape index (κ3) is 6.78. The zero-order valence-corrected chi connectivity index (χ0v) is 17.1. The van der Waals surface area contributed by atoms with Gasteiger partial charge in [-0.1, -0.05) is 39.3 Å². The van der Waals surface area contributed by atoms with Crippen molar-refractivity contribution in [3.05, 3.63) is 23.5 Å². The second-order valence-corrected chi connectivity index (χ2v) is 7.71. The first kappa shape index (κ1) is 23.9. The molecule has 0 amide bonds. The lowest BCUT2D eigenvalue weighted by Gasteiger charge is -2.22. The fraction of sp³-hybridized carbons (Fsp3) is 0.667. The van der Waals surface area contributed by atoms with Gasteiger partial charge in [0.25, 0.3) is 0 Å². The average molecular weight is 396 g/mol. The molecule has 0 aliphatic carbocycles. The summed E-state index contributed by atoms with van der Waals surface area (Å²) >= 11 is 0. The van der Waals surface area contributed by atoms with Gasteiger partial charge in [0, 0.05) is 12.8 Å². The molecule has 1 aliphatic rings. The first-order valence-electron chi connectivity index (χ1n) is 9.82. The van der Waals surface area contributed by atoms with Crippen molar-refractivity contribution in [1.29, 1.82) is 0 Å². The lowest BCUT2D eigenvalue weighted by Crippen LogP contribution is -2.31. The minimum atomic E-state index is -1.07. The van der Waals surface area contributed by atoms with Gasteiger partial charge in [-0.3, -0.25) is 9.59 Å². The molecule has 1 fully saturated rings. The Morgan fingerprint density at radius 3 is 2.46 bits per heavy atom. The van der Waals surface area contributed by atoms with Crippen molar-refractivity contribution < 1.29 is 34.4 Å². The number of rotatable bonds is 10. The summed E-state index contributed by atoms with van der Waals surface area (Å²) in [7, 11) is 0. The van der Waals surface area contributed by atoms with Gasteiger partial charge in [0.05, 0.1) is 6.10 Å². The molecule has 0 aromatic rings. The maximum absolute atomic E-state index is 11.9. The van der Waals surface area contributed by atoms with Gasteiger partial charge in [-0.15, -0.1) is 0 Å². The summed E-state index contributed by atoms with van der Waals surface area (Å²) in [5.74, 6) is -3.51. The Morgan fingerprint density at radius 2 is 1.93 bits per heavy atom. The minimum Gasteiger partial charge on any atom is -0.511 e. The molecule has 1 aliphatic heterocycles. The van der Waals surface area contributed by atoms with Crippen LogP contribution in [0.1, 0.15) is 59.8 Å². The van der Waals surface area contributed by atoms with Crippen LogP contribution in [0.15, 0.2) is 23.5 Å². The average Bonchev–Trinajstić information content (AvgIpc) is 2.61. The van der Waals surface area contributed by atoms with E-state index in [1.807, 2.05) is 20.8 Å². The number of carboxylic acid groups (broad SMARTS) is 1. The van der Waals surface area contributed by atoms with Crippen LogP contribution >= 0.6 is 0 Å². The molecule has 0 aromatic heterocycles. The standard InChI is InChI=1S/C21H32O7/c1-5-13(3)19(24)15(20(25)26)8-6-7-12(2)9-10-16(22)18-17(23)11-14(4)28-21(18)27/h6,8,12-15,19,22,24H,5,7,9-11H2,1-4H3,(H,25,26)/b8-6+,18-16-/t12-,13-,14+,15+,19+/m0/s1. The van der Waals surface area contributed by atoms with Crippen LogP contribution in [0.2, 0.25) is 0 Å². The first-order valence-corrected chi connectivity index (χ1v) is 9.82. The van der Waals surface area contributed by atoms with E-state index in [2.05, 4.69) is 0 Å². The lowest BCUT2D eigenvalue weighted by molar-refractivity contribution is -0.150. The predicted octanol–water partition coefficient (Wildman–Crippen LogP) is 3.17. The lowest BCUT2D eigenvalue weighted by atomic mass is 9.89. The molecule has 28 heavy (non-hydrogen) atoms. The summed E-state index contributed by atoms with van der Waals surface area (Å²) in [5, 5.41) is 29.6. The van der Waals surface area contributed by atoms with Crippen LogP contribution in [-0.4, -0.2) is 45.2 Å². The van der Waals surface area contributed by atoms with E-state index in [0.717, 1.165) is 0 Å². The maximum atomic E-state index is 11.9. The number of cyclic esters (lactones) is 1. The van der Waals surface area contributed by atoms with E-state index in [1.165, 1.54) is 6.08 Å². The predicted molar refractivity (Wildman–Crippen MR) is 104 cm³/mol. The largest absolute Gasteiger partial charge is 0.511 e. The van der Waals surface area contributed by atoms with Crippen LogP contribution in [-0.2, 0) is 19.1 Å². The molecule has 7 heteroatoms. The Hall–Kier alpha value is -2.15. The third-order valence-electron chi connectivity index (χ3n) is 5.19. The maximum Gasteiger partial charge on any atom is 0.345 e. The van der Waals surface area contributed by atoms with Crippen LogP contribution in [0.25, 0.3) is 0 Å². The number of carboxylic acids is 1. The van der Waals surface area contributed by atoms with Gasteiger partial charge in [-0.25, -0.2) is 4.79 Å². The molecule has 0 aromatic carbocycles. The summed E-state index contributed by atoms with van der Waals surface area (Å²) in [5.41, 5.74) is -0.261. The van der Waals surface area contributed by atoms with Crippen molar-refractivity contribution in [3.8, 4) is 0 Å². The Bertz CT molecular complexity index is 615. The third-order valence-corrected chi connectivity index (χ3v) is 5.19. The molecule has 7 nitrogen and oxygen atoms in total. The molecular formula is C21H32O7. The molecule has 5 atom stereocenters. The summed E-state index contributed by atoms with van der Waals surface area (Å²) < 4.78 is 4.99. The van der Waals surface area contributed by atoms with E-state index in [-0.39, 0.29) is 36.0 Å². The molecule has 0 unspecified atom stereocenters. The SMILES string of the molecule is CC[C@H](C)[C@@H](O)[C@@H](/C=C/C[C@H](C)CC/C(O)=C1\C(=O)C[C@@H](C)OC1=O)C(=O)O. The monoisotopic (exact) mass is 396 g/mol. The second kappa shape index (κ2) is 11.0. The van der Waals surface area contributed by atoms with Crippen LogP contribution in [0.4, 0.5) is 0 Å². The van der Waals surface area contributed by atoms with Crippen molar-refractivity contribution in [2.45, 2.75) is 72.0 Å². The highest BCUT2D eigenvalue weighted by Crippen LogP contribution is 2.23. The quantitative estimate of drug-likeness (QED) is 0.170. The molecule has 158 valence electrons. The number of aliphatic hydroxyl groups is 2. The van der Waals surface area contributed by atoms with E-state index in [1.54, 1.807) is 13.0 Å². The van der Waals surface area contributed by atoms with Gasteiger partial charge in [-0.2, -0.15) is 0 Å². The molecule has 0 spiro atoms. The zero-order valence-electron chi connectivity index (χ0n) is 17.1. The van der Waals surface area contributed by atoms with Crippen LogP contribution in [0.3, 0.4) is 0 Å². The molecule has 3 N–H and O–H groups in total. The van der Waals surface area contributed by atoms with E-state index in [4.69, 9.17) is 4.74 Å². The van der Waals surface area contributed by atoms with Gasteiger partial charge >= 0.3 is 11.9 Å². The van der Waals surface area contributed by atoms with Gasteiger partial charge < -0.3 is 20.1 Å². The number of hydrogen-bond donors (Lipinski definition) is 3. The van der Waals surface area contributed by atoms with Gasteiger partial charge in [0.1, 0.15) is 23.4 Å². The number of carbonyl (C=O) groups is 3. The van der Waals surface area contributed by atoms with Crippen LogP contribution < -0.4 is 0 Å². The molecule has 1 saturated heterocycles. The molecule has 0 radical (unpaired) electrons. The number of aliphatic carboxylic acids is 1. The van der Waals surface area contributed by atoms with Gasteiger partial charge in [-0.05, 0) is 31.6 Å². The van der Waals surface area contributed by atoms with E-state index >= 15 is 0 Å². The number of aliphatic hydroxyl groups excluding tert-OH is 2. The normalized spacial score (nSPS) is 23.8. The molecular weight excluding hydrogens is 364 g/mol. The first-order chi connectivity index (χ1) is 13.1. The number of Topliss-reactive ketones (excluding diaryl/α,β-unsaturated/α-hetero) is 1. The van der Waals surface area contributed by atoms with Crippen molar-refractivity contribution in [1.82, 2.24) is 0 Å². The highest BCUT2D eigenvalue weighted by atomic mass is 16.5. The Labute approximate surface area is 166 Å². The van der Waals surface area contributed by atoms with Gasteiger partial charge in [0.15, 0.2) is 5.78 Å². The molecule has 1 rings (SSSR count). The minimum absolute atomic E-state index is 0.0680. The summed E-state index contributed by atoms with van der Waals surface area (Å²) in [6.07, 6.45) is 3.79. The molecule has 0 bridgehead atoms. The smallest absolute Gasteiger partial charge is 0.345 e. The summed E-state index contributed by atoms with van der Waals surface area (Å²) in [6, 6.07) is 0. The number of ketones is 1. The van der Waals surface area contributed by atoms with Crippen molar-refractivity contribution >= 4 is 17.7 Å². The van der Waals surface area contributed by atoms with Crippen LogP contribution in [0.5, 0.6) is 0 Å². The van der Waals surface area contributed by atoms with Crippen molar-refractivity contribution in [2.24, 2.45) is 17.8 Å². The zero-order chi connectivity index (χ0) is 21.4. The highest BCUT2D eigenvalue weighted by Gasteiger charge is 2.32. The molecule has 1 heterocycles. The fourth-order valence-corrected chi connectivity index (χ4v) is 3.06. The number of allylic oxidation sites excluding steroid dienone is 2. The Balaban J connectivity index is 2.62. The highest BCUT2D eigenvalue weighted by molar-refractivity contribution is 6.19. The number of hydrogen-bond acceptors (Lipinski definition) is 6. The number of esters is 1. The fourth-order valence-electron chi connectivity index (χ4n) is 3.06. The summed E-state index contributed by atoms with van der Waals surface area (Å²) in [6.45, 7) is 7.26. The topological polar surface area (TPSA) is 121 Å². The second-order valence-electron chi connectivity index (χ2n) is 7.71. The van der Waals surface area contributed by atoms with Crippen LogP contribution in [0, 0.1) is 17.8 Å².